The maximum absolute atomic E-state index is 12.5. The molecule has 0 amide bonds. The topological polar surface area (TPSA) is 20.2 Å². The highest BCUT2D eigenvalue weighted by atomic mass is 19.4. The largest absolute Gasteiger partial charge is 0.416 e. The SMILES string of the molecule is CCC(Cc1cccc(C(F)(F)F)c1)C(C)O. The molecule has 0 radical (unpaired) electrons. The first kappa shape index (κ1) is 14.0. The van der Waals surface area contributed by atoms with Crippen LogP contribution < -0.4 is 0 Å². The first-order valence-corrected chi connectivity index (χ1v) is 5.68. The van der Waals surface area contributed by atoms with Crippen molar-refractivity contribution in [2.75, 3.05) is 0 Å². The second-order valence-corrected chi connectivity index (χ2v) is 4.31. The molecule has 1 aromatic rings. The second kappa shape index (κ2) is 5.54. The quantitative estimate of drug-likeness (QED) is 0.859. The van der Waals surface area contributed by atoms with E-state index in [0.29, 0.717) is 12.0 Å². The van der Waals surface area contributed by atoms with Gasteiger partial charge in [-0.05, 0) is 30.9 Å². The molecule has 1 aromatic carbocycles. The van der Waals surface area contributed by atoms with Gasteiger partial charge in [0.25, 0.3) is 0 Å². The molecule has 1 N–H and O–H groups in total. The summed E-state index contributed by atoms with van der Waals surface area (Å²) in [6.07, 6.45) is -3.59. The molecule has 0 fully saturated rings. The van der Waals surface area contributed by atoms with Gasteiger partial charge in [0.15, 0.2) is 0 Å². The molecule has 0 saturated heterocycles. The minimum Gasteiger partial charge on any atom is -0.393 e. The Kier molecular flexibility index (Phi) is 4.57. The number of rotatable bonds is 4. The van der Waals surface area contributed by atoms with Crippen molar-refractivity contribution < 1.29 is 18.3 Å². The van der Waals surface area contributed by atoms with Gasteiger partial charge in [0.05, 0.1) is 11.7 Å². The summed E-state index contributed by atoms with van der Waals surface area (Å²) < 4.78 is 37.5. The molecule has 0 saturated carbocycles. The molecule has 0 heterocycles. The maximum atomic E-state index is 12.5. The Bertz CT molecular complexity index is 358. The Morgan fingerprint density at radius 3 is 2.41 bits per heavy atom. The summed E-state index contributed by atoms with van der Waals surface area (Å²) in [5.74, 6) is -0.00140. The van der Waals surface area contributed by atoms with Crippen LogP contribution in [0.15, 0.2) is 24.3 Å². The van der Waals surface area contributed by atoms with E-state index in [0.717, 1.165) is 18.6 Å². The molecule has 0 bridgehead atoms. The van der Waals surface area contributed by atoms with Crippen molar-refractivity contribution in [2.24, 2.45) is 5.92 Å². The highest BCUT2D eigenvalue weighted by Crippen LogP contribution is 2.30. The fraction of sp³-hybridized carbons (Fsp3) is 0.538. The predicted molar refractivity (Wildman–Crippen MR) is 60.6 cm³/mol. The molecule has 0 aromatic heterocycles. The molecule has 0 spiro atoms. The van der Waals surface area contributed by atoms with Crippen molar-refractivity contribution in [2.45, 2.75) is 39.0 Å². The third-order valence-corrected chi connectivity index (χ3v) is 2.96. The van der Waals surface area contributed by atoms with Gasteiger partial charge in [0, 0.05) is 0 Å². The number of aliphatic hydroxyl groups excluding tert-OH is 1. The Morgan fingerprint density at radius 2 is 1.94 bits per heavy atom. The van der Waals surface area contributed by atoms with Crippen LogP contribution >= 0.6 is 0 Å². The first-order chi connectivity index (χ1) is 7.84. The summed E-state index contributed by atoms with van der Waals surface area (Å²) in [5.41, 5.74) is -0.0111. The highest BCUT2D eigenvalue weighted by molar-refractivity contribution is 5.26. The molecule has 0 aliphatic carbocycles. The van der Waals surface area contributed by atoms with Crippen LogP contribution in [0.25, 0.3) is 0 Å². The molecule has 1 nitrogen and oxygen atoms in total. The van der Waals surface area contributed by atoms with Crippen LogP contribution in [0, 0.1) is 5.92 Å². The average Bonchev–Trinajstić information content (AvgIpc) is 2.24. The van der Waals surface area contributed by atoms with Gasteiger partial charge in [-0.15, -0.1) is 0 Å². The van der Waals surface area contributed by atoms with Crippen molar-refractivity contribution in [3.63, 3.8) is 0 Å². The summed E-state index contributed by atoms with van der Waals surface area (Å²) in [7, 11) is 0. The fourth-order valence-corrected chi connectivity index (χ4v) is 1.83. The van der Waals surface area contributed by atoms with Gasteiger partial charge in [-0.25, -0.2) is 0 Å². The number of benzene rings is 1. The van der Waals surface area contributed by atoms with Crippen LogP contribution in [0.2, 0.25) is 0 Å². The van der Waals surface area contributed by atoms with E-state index in [1.165, 1.54) is 6.07 Å². The van der Waals surface area contributed by atoms with Crippen LogP contribution in [0.3, 0.4) is 0 Å². The van der Waals surface area contributed by atoms with Gasteiger partial charge in [-0.3, -0.25) is 0 Å². The lowest BCUT2D eigenvalue weighted by Crippen LogP contribution is -2.18. The predicted octanol–water partition coefficient (Wildman–Crippen LogP) is 3.65. The van der Waals surface area contributed by atoms with Crippen LogP contribution in [0.5, 0.6) is 0 Å². The van der Waals surface area contributed by atoms with Crippen LogP contribution in [-0.4, -0.2) is 11.2 Å². The zero-order valence-corrected chi connectivity index (χ0v) is 9.96. The molecule has 0 aliphatic rings. The van der Waals surface area contributed by atoms with E-state index in [-0.39, 0.29) is 5.92 Å². The highest BCUT2D eigenvalue weighted by Gasteiger charge is 2.30. The Labute approximate surface area is 99.3 Å². The number of hydrogen-bond acceptors (Lipinski definition) is 1. The lowest BCUT2D eigenvalue weighted by atomic mass is 9.92. The number of aliphatic hydroxyl groups is 1. The van der Waals surface area contributed by atoms with E-state index in [2.05, 4.69) is 0 Å². The Hall–Kier alpha value is -1.03. The molecule has 17 heavy (non-hydrogen) atoms. The van der Waals surface area contributed by atoms with E-state index in [4.69, 9.17) is 0 Å². The summed E-state index contributed by atoms with van der Waals surface area (Å²) >= 11 is 0. The van der Waals surface area contributed by atoms with Gasteiger partial charge in [-0.1, -0.05) is 31.5 Å². The summed E-state index contributed by atoms with van der Waals surface area (Å²) in [4.78, 5) is 0. The third-order valence-electron chi connectivity index (χ3n) is 2.96. The number of halogens is 3. The minimum atomic E-state index is -4.30. The summed E-state index contributed by atoms with van der Waals surface area (Å²) in [6.45, 7) is 3.59. The van der Waals surface area contributed by atoms with Crippen molar-refractivity contribution in [3.8, 4) is 0 Å². The van der Waals surface area contributed by atoms with Crippen molar-refractivity contribution in [1.82, 2.24) is 0 Å². The summed E-state index contributed by atoms with van der Waals surface area (Å²) in [5, 5.41) is 9.48. The molecular weight excluding hydrogens is 229 g/mol. The standard InChI is InChI=1S/C13H17F3O/c1-3-11(9(2)17)7-10-5-4-6-12(8-10)13(14,15)16/h4-6,8-9,11,17H,3,7H2,1-2H3. The van der Waals surface area contributed by atoms with E-state index < -0.39 is 17.8 Å². The molecule has 4 heteroatoms. The summed E-state index contributed by atoms with van der Waals surface area (Å²) in [6, 6.07) is 5.30. The average molecular weight is 246 g/mol. The van der Waals surface area contributed by atoms with Crippen LogP contribution in [-0.2, 0) is 12.6 Å². The lowest BCUT2D eigenvalue weighted by molar-refractivity contribution is -0.137. The minimum absolute atomic E-state index is 0.00140. The van der Waals surface area contributed by atoms with Crippen LogP contribution in [0.1, 0.15) is 31.4 Å². The van der Waals surface area contributed by atoms with Gasteiger partial charge in [-0.2, -0.15) is 13.2 Å². The Balaban J connectivity index is 2.85. The normalized spacial score (nSPS) is 15.6. The van der Waals surface area contributed by atoms with Crippen molar-refractivity contribution >= 4 is 0 Å². The van der Waals surface area contributed by atoms with E-state index in [1.807, 2.05) is 6.92 Å². The molecule has 0 aliphatic heterocycles. The molecule has 2 unspecified atom stereocenters. The van der Waals surface area contributed by atoms with Gasteiger partial charge in [0.1, 0.15) is 0 Å². The van der Waals surface area contributed by atoms with E-state index in [1.54, 1.807) is 13.0 Å². The van der Waals surface area contributed by atoms with Gasteiger partial charge >= 0.3 is 6.18 Å². The monoisotopic (exact) mass is 246 g/mol. The maximum Gasteiger partial charge on any atom is 0.416 e. The third kappa shape index (κ3) is 4.04. The molecule has 1 rings (SSSR count). The molecule has 96 valence electrons. The zero-order chi connectivity index (χ0) is 13.1. The van der Waals surface area contributed by atoms with Crippen LogP contribution in [0.4, 0.5) is 13.2 Å². The smallest absolute Gasteiger partial charge is 0.393 e. The fourth-order valence-electron chi connectivity index (χ4n) is 1.83. The molecular formula is C13H17F3O. The van der Waals surface area contributed by atoms with E-state index >= 15 is 0 Å². The van der Waals surface area contributed by atoms with E-state index in [9.17, 15) is 18.3 Å². The van der Waals surface area contributed by atoms with Crippen molar-refractivity contribution in [1.29, 1.82) is 0 Å². The Morgan fingerprint density at radius 1 is 1.29 bits per heavy atom. The van der Waals surface area contributed by atoms with Gasteiger partial charge in [0.2, 0.25) is 0 Å². The van der Waals surface area contributed by atoms with Crippen molar-refractivity contribution in [3.05, 3.63) is 35.4 Å². The number of alkyl halides is 3. The molecule has 2 atom stereocenters. The van der Waals surface area contributed by atoms with Gasteiger partial charge < -0.3 is 5.11 Å². The first-order valence-electron chi connectivity index (χ1n) is 5.68. The second-order valence-electron chi connectivity index (χ2n) is 4.31. The zero-order valence-electron chi connectivity index (χ0n) is 9.96. The number of hydrogen-bond donors (Lipinski definition) is 1. The lowest BCUT2D eigenvalue weighted by Gasteiger charge is -2.18.